The molecule has 1 aromatic rings. The average Bonchev–Trinajstić information content (AvgIpc) is 3.13. The van der Waals surface area contributed by atoms with Gasteiger partial charge in [0, 0.05) is 18.5 Å². The van der Waals surface area contributed by atoms with Gasteiger partial charge in [-0.25, -0.2) is 0 Å². The normalized spacial score (nSPS) is 12.4. The number of carbonyl (C=O) groups is 2. The van der Waals surface area contributed by atoms with E-state index in [0.717, 1.165) is 76.3 Å². The highest BCUT2D eigenvalue weighted by Crippen LogP contribution is 2.13. The summed E-state index contributed by atoms with van der Waals surface area (Å²) in [4.78, 5) is 25.1. The van der Waals surface area contributed by atoms with Crippen LogP contribution in [0.25, 0.3) is 0 Å². The van der Waals surface area contributed by atoms with Crippen LogP contribution in [0.5, 0.6) is 0 Å². The fourth-order valence-corrected chi connectivity index (χ4v) is 5.65. The Balaban J connectivity index is 2.18. The van der Waals surface area contributed by atoms with Gasteiger partial charge in [0.1, 0.15) is 6.61 Å². The second kappa shape index (κ2) is 35.7. The van der Waals surface area contributed by atoms with Crippen LogP contribution in [-0.2, 0) is 19.1 Å². The van der Waals surface area contributed by atoms with Gasteiger partial charge in [0.15, 0.2) is 6.10 Å². The lowest BCUT2D eigenvalue weighted by atomic mass is 10.1. The standard InChI is InChI=1S/C45H73NO4/c1-3-5-7-9-11-13-15-17-19-21-23-25-27-29-34-38-44(47)49-41-43(40-46-42-36-32-31-33-37-42)50-45(48)39-35-30-28-26-24-22-20-18-16-14-12-10-8-6-4-2/h5,7,11,13,17-20,31-33,36-37,43,46H,3-4,6,8-10,12,14-16,21-30,34-35,38-41H2,1-2H3/b7-5-,13-11-,19-17-,20-18-. The summed E-state index contributed by atoms with van der Waals surface area (Å²) in [6, 6.07) is 9.82. The number of para-hydroxylation sites is 1. The molecule has 1 unspecified atom stereocenters. The lowest BCUT2D eigenvalue weighted by Crippen LogP contribution is -2.31. The molecule has 0 radical (unpaired) electrons. The molecule has 1 rings (SSSR count). The second-order valence-electron chi connectivity index (χ2n) is 13.5. The van der Waals surface area contributed by atoms with E-state index in [0.29, 0.717) is 19.4 Å². The minimum atomic E-state index is -0.517. The molecular weight excluding hydrogens is 618 g/mol. The molecule has 0 aliphatic heterocycles. The van der Waals surface area contributed by atoms with E-state index in [1.165, 1.54) is 70.6 Å². The van der Waals surface area contributed by atoms with Crippen molar-refractivity contribution in [2.75, 3.05) is 18.5 Å². The molecule has 0 saturated carbocycles. The first-order chi connectivity index (χ1) is 24.7. The molecule has 0 saturated heterocycles. The molecule has 0 heterocycles. The lowest BCUT2D eigenvalue weighted by Gasteiger charge is -2.19. The van der Waals surface area contributed by atoms with Gasteiger partial charge >= 0.3 is 11.9 Å². The Hall–Kier alpha value is -3.08. The van der Waals surface area contributed by atoms with Gasteiger partial charge in [0.2, 0.25) is 0 Å². The predicted molar refractivity (Wildman–Crippen MR) is 214 cm³/mol. The first-order valence-electron chi connectivity index (χ1n) is 20.4. The number of anilines is 1. The molecule has 0 aliphatic carbocycles. The van der Waals surface area contributed by atoms with Crippen LogP contribution in [0.4, 0.5) is 5.69 Å². The number of ether oxygens (including phenoxy) is 2. The molecule has 1 atom stereocenters. The van der Waals surface area contributed by atoms with E-state index in [1.54, 1.807) is 0 Å². The molecule has 1 N–H and O–H groups in total. The zero-order valence-electron chi connectivity index (χ0n) is 32.1. The highest BCUT2D eigenvalue weighted by Gasteiger charge is 2.17. The van der Waals surface area contributed by atoms with Crippen LogP contribution in [0, 0.1) is 0 Å². The molecule has 0 aliphatic rings. The van der Waals surface area contributed by atoms with Gasteiger partial charge in [-0.2, -0.15) is 0 Å². The molecule has 0 bridgehead atoms. The molecule has 282 valence electrons. The van der Waals surface area contributed by atoms with Crippen LogP contribution in [0.15, 0.2) is 78.9 Å². The zero-order valence-corrected chi connectivity index (χ0v) is 32.1. The maximum absolute atomic E-state index is 12.7. The third-order valence-electron chi connectivity index (χ3n) is 8.71. The fourth-order valence-electron chi connectivity index (χ4n) is 5.65. The molecule has 50 heavy (non-hydrogen) atoms. The fraction of sp³-hybridized carbons (Fsp3) is 0.644. The van der Waals surface area contributed by atoms with E-state index in [1.807, 2.05) is 30.3 Å². The summed E-state index contributed by atoms with van der Waals surface area (Å²) in [5.41, 5.74) is 0.944. The third kappa shape index (κ3) is 30.9. The van der Waals surface area contributed by atoms with Crippen molar-refractivity contribution in [3.63, 3.8) is 0 Å². The maximum atomic E-state index is 12.7. The van der Waals surface area contributed by atoms with Gasteiger partial charge in [-0.05, 0) is 82.8 Å². The quantitative estimate of drug-likeness (QED) is 0.0443. The summed E-state index contributed by atoms with van der Waals surface area (Å²) in [5, 5.41) is 3.31. The van der Waals surface area contributed by atoms with Gasteiger partial charge in [0.05, 0.1) is 6.54 Å². The largest absolute Gasteiger partial charge is 0.462 e. The second-order valence-corrected chi connectivity index (χ2v) is 13.5. The van der Waals surface area contributed by atoms with Crippen LogP contribution >= 0.6 is 0 Å². The maximum Gasteiger partial charge on any atom is 0.306 e. The Morgan fingerprint density at radius 1 is 0.580 bits per heavy atom. The predicted octanol–water partition coefficient (Wildman–Crippen LogP) is 13.2. The third-order valence-corrected chi connectivity index (χ3v) is 8.71. The van der Waals surface area contributed by atoms with Crippen molar-refractivity contribution in [1.82, 2.24) is 0 Å². The van der Waals surface area contributed by atoms with E-state index in [-0.39, 0.29) is 18.5 Å². The van der Waals surface area contributed by atoms with Crippen molar-refractivity contribution < 1.29 is 19.1 Å². The Morgan fingerprint density at radius 2 is 1.06 bits per heavy atom. The van der Waals surface area contributed by atoms with Gasteiger partial charge in [0.25, 0.3) is 0 Å². The van der Waals surface area contributed by atoms with Crippen molar-refractivity contribution >= 4 is 17.6 Å². The first-order valence-corrected chi connectivity index (χ1v) is 20.4. The number of rotatable bonds is 34. The van der Waals surface area contributed by atoms with Crippen LogP contribution in [0.3, 0.4) is 0 Å². The summed E-state index contributed by atoms with van der Waals surface area (Å²) < 4.78 is 11.3. The average molecular weight is 692 g/mol. The smallest absolute Gasteiger partial charge is 0.306 e. The zero-order chi connectivity index (χ0) is 36.0. The number of carbonyl (C=O) groups excluding carboxylic acids is 2. The Morgan fingerprint density at radius 3 is 1.64 bits per heavy atom. The number of unbranched alkanes of at least 4 members (excludes halogenated alkanes) is 16. The van der Waals surface area contributed by atoms with E-state index in [4.69, 9.17) is 9.47 Å². The van der Waals surface area contributed by atoms with Crippen molar-refractivity contribution in [2.24, 2.45) is 0 Å². The van der Waals surface area contributed by atoms with Crippen molar-refractivity contribution in [2.45, 2.75) is 174 Å². The molecular formula is C45H73NO4. The Bertz CT molecular complexity index is 1030. The summed E-state index contributed by atoms with van der Waals surface area (Å²) >= 11 is 0. The number of hydrogen-bond acceptors (Lipinski definition) is 5. The van der Waals surface area contributed by atoms with E-state index in [9.17, 15) is 9.59 Å². The van der Waals surface area contributed by atoms with E-state index < -0.39 is 6.10 Å². The molecule has 5 nitrogen and oxygen atoms in total. The Kier molecular flexibility index (Phi) is 32.1. The van der Waals surface area contributed by atoms with E-state index >= 15 is 0 Å². The molecule has 0 fully saturated rings. The van der Waals surface area contributed by atoms with Crippen molar-refractivity contribution in [3.05, 3.63) is 78.9 Å². The molecule has 0 spiro atoms. The molecule has 0 amide bonds. The number of esters is 2. The minimum Gasteiger partial charge on any atom is -0.462 e. The highest BCUT2D eigenvalue weighted by atomic mass is 16.6. The molecule has 0 aromatic heterocycles. The van der Waals surface area contributed by atoms with Gasteiger partial charge < -0.3 is 14.8 Å². The number of hydrogen-bond donors (Lipinski definition) is 1. The van der Waals surface area contributed by atoms with E-state index in [2.05, 4.69) is 67.8 Å². The minimum absolute atomic E-state index is 0.0771. The Labute approximate surface area is 307 Å². The van der Waals surface area contributed by atoms with Crippen LogP contribution in [-0.4, -0.2) is 31.2 Å². The summed E-state index contributed by atoms with van der Waals surface area (Å²) in [6.07, 6.45) is 43.8. The topological polar surface area (TPSA) is 64.6 Å². The summed E-state index contributed by atoms with van der Waals surface area (Å²) in [6.45, 7) is 4.90. The van der Waals surface area contributed by atoms with Gasteiger partial charge in [-0.15, -0.1) is 0 Å². The molecule has 1 aromatic carbocycles. The number of nitrogens with one attached hydrogen (secondary N) is 1. The summed E-state index contributed by atoms with van der Waals surface area (Å²) in [7, 11) is 0. The number of benzene rings is 1. The lowest BCUT2D eigenvalue weighted by molar-refractivity contribution is -0.158. The first kappa shape index (κ1) is 44.9. The number of allylic oxidation sites excluding steroid dienone is 8. The van der Waals surface area contributed by atoms with Crippen LogP contribution < -0.4 is 5.32 Å². The van der Waals surface area contributed by atoms with Crippen molar-refractivity contribution in [3.8, 4) is 0 Å². The van der Waals surface area contributed by atoms with Crippen molar-refractivity contribution in [1.29, 1.82) is 0 Å². The summed E-state index contributed by atoms with van der Waals surface area (Å²) in [5.74, 6) is -0.436. The SMILES string of the molecule is CC/C=C\C/C=C\C/C=C\CCCCCCCC(=O)OCC(CNc1ccccc1)OC(=O)CCCCCCC/C=C\CCCCCCCC. The van der Waals surface area contributed by atoms with Crippen LogP contribution in [0.2, 0.25) is 0 Å². The highest BCUT2D eigenvalue weighted by molar-refractivity contribution is 5.70. The van der Waals surface area contributed by atoms with Crippen LogP contribution in [0.1, 0.15) is 168 Å². The molecule has 5 heteroatoms. The monoisotopic (exact) mass is 692 g/mol. The van der Waals surface area contributed by atoms with Gasteiger partial charge in [-0.3, -0.25) is 9.59 Å². The van der Waals surface area contributed by atoms with Gasteiger partial charge in [-0.1, -0.05) is 151 Å².